The van der Waals surface area contributed by atoms with Gasteiger partial charge in [-0.25, -0.2) is 4.98 Å². The van der Waals surface area contributed by atoms with Gasteiger partial charge in [0.15, 0.2) is 6.10 Å². The van der Waals surface area contributed by atoms with Gasteiger partial charge in [-0.3, -0.25) is 4.79 Å². The maximum Gasteiger partial charge on any atom is 0.268 e. The number of ether oxygens (including phenoxy) is 2. The smallest absolute Gasteiger partial charge is 0.268 e. The van der Waals surface area contributed by atoms with Gasteiger partial charge in [-0.1, -0.05) is 45.0 Å². The van der Waals surface area contributed by atoms with Gasteiger partial charge in [0.2, 0.25) is 0 Å². The van der Waals surface area contributed by atoms with Crippen molar-refractivity contribution >= 4 is 22.9 Å². The molecule has 168 valence electrons. The molecule has 0 fully saturated rings. The molecule has 3 aromatic rings. The lowest BCUT2D eigenvalue weighted by atomic mass is 9.86. The first-order chi connectivity index (χ1) is 15.3. The van der Waals surface area contributed by atoms with Crippen molar-refractivity contribution in [2.75, 3.05) is 18.6 Å². The number of anilines is 1. The van der Waals surface area contributed by atoms with Crippen molar-refractivity contribution in [2.45, 2.75) is 52.2 Å². The van der Waals surface area contributed by atoms with Crippen molar-refractivity contribution < 1.29 is 14.3 Å². The molecule has 0 N–H and O–H groups in total. The number of benzene rings is 2. The third kappa shape index (κ3) is 4.71. The number of hydrogen-bond acceptors (Lipinski definition) is 5. The van der Waals surface area contributed by atoms with Crippen molar-refractivity contribution in [1.29, 1.82) is 0 Å². The highest BCUT2D eigenvalue weighted by Gasteiger charge is 2.32. The Morgan fingerprint density at radius 3 is 2.59 bits per heavy atom. The molecule has 0 spiro atoms. The summed E-state index contributed by atoms with van der Waals surface area (Å²) < 4.78 is 11.1. The summed E-state index contributed by atoms with van der Waals surface area (Å²) in [7, 11) is 1.70. The Morgan fingerprint density at radius 1 is 1.16 bits per heavy atom. The van der Waals surface area contributed by atoms with Gasteiger partial charge in [0.05, 0.1) is 29.5 Å². The normalized spacial score (nSPS) is 16.1. The standard InChI is InChI=1S/C26H30N2O3S/c1-17-25(29)28(15-18-6-9-20(10-7-18)26(2,3)4)22-14-19(8-11-23(22)31-17)21-16-32-24(27-21)12-13-30-5/h6-11,14,16-17H,12-13,15H2,1-5H3. The molecule has 1 aliphatic rings. The number of fused-ring (bicyclic) bond motifs is 1. The second-order valence-electron chi connectivity index (χ2n) is 9.18. The molecular weight excluding hydrogens is 420 g/mol. The van der Waals surface area contributed by atoms with Gasteiger partial charge < -0.3 is 14.4 Å². The third-order valence-corrected chi connectivity index (χ3v) is 6.60. The summed E-state index contributed by atoms with van der Waals surface area (Å²) in [6.07, 6.45) is 0.282. The van der Waals surface area contributed by atoms with E-state index in [9.17, 15) is 4.79 Å². The fraction of sp³-hybridized carbons (Fsp3) is 0.385. The summed E-state index contributed by atoms with van der Waals surface area (Å²) in [5.41, 5.74) is 5.13. The molecule has 32 heavy (non-hydrogen) atoms. The SMILES string of the molecule is COCCc1nc(-c2ccc3c(c2)N(Cc2ccc(C(C)(C)C)cc2)C(=O)C(C)O3)cs1. The summed E-state index contributed by atoms with van der Waals surface area (Å²) in [5.74, 6) is 0.690. The van der Waals surface area contributed by atoms with Crippen LogP contribution in [-0.2, 0) is 27.9 Å². The first-order valence-electron chi connectivity index (χ1n) is 10.9. The molecule has 6 heteroatoms. The number of carbonyl (C=O) groups excluding carboxylic acids is 1. The molecule has 2 heterocycles. The number of hydrogen-bond donors (Lipinski definition) is 0. The molecule has 0 saturated heterocycles. The Balaban J connectivity index is 1.63. The molecule has 0 radical (unpaired) electrons. The third-order valence-electron chi connectivity index (χ3n) is 5.70. The summed E-state index contributed by atoms with van der Waals surface area (Å²) in [5, 5.41) is 3.09. The molecule has 0 bridgehead atoms. The van der Waals surface area contributed by atoms with Crippen LogP contribution in [-0.4, -0.2) is 30.7 Å². The summed E-state index contributed by atoms with van der Waals surface area (Å²) in [6.45, 7) is 9.56. The van der Waals surface area contributed by atoms with Crippen LogP contribution in [0.25, 0.3) is 11.3 Å². The zero-order valence-corrected chi connectivity index (χ0v) is 20.2. The largest absolute Gasteiger partial charge is 0.479 e. The molecule has 4 rings (SSSR count). The van der Waals surface area contributed by atoms with E-state index in [1.165, 1.54) is 5.56 Å². The Hall–Kier alpha value is -2.70. The molecule has 0 saturated carbocycles. The fourth-order valence-electron chi connectivity index (χ4n) is 3.77. The first kappa shape index (κ1) is 22.5. The average Bonchev–Trinajstić information content (AvgIpc) is 3.24. The van der Waals surface area contributed by atoms with Crippen LogP contribution in [0.5, 0.6) is 5.75 Å². The first-order valence-corrected chi connectivity index (χ1v) is 11.8. The van der Waals surface area contributed by atoms with Crippen molar-refractivity contribution in [3.63, 3.8) is 0 Å². The minimum Gasteiger partial charge on any atom is -0.479 e. The highest BCUT2D eigenvalue weighted by atomic mass is 32.1. The lowest BCUT2D eigenvalue weighted by molar-refractivity contribution is -0.125. The van der Waals surface area contributed by atoms with Gasteiger partial charge in [-0.2, -0.15) is 0 Å². The molecule has 1 amide bonds. The van der Waals surface area contributed by atoms with E-state index < -0.39 is 6.10 Å². The molecule has 1 unspecified atom stereocenters. The van der Waals surface area contributed by atoms with E-state index in [0.717, 1.165) is 39.7 Å². The number of carbonyl (C=O) groups is 1. The Kier molecular flexibility index (Phi) is 6.35. The molecule has 1 aromatic heterocycles. The topological polar surface area (TPSA) is 51.7 Å². The van der Waals surface area contributed by atoms with Crippen molar-refractivity contribution in [2.24, 2.45) is 0 Å². The van der Waals surface area contributed by atoms with E-state index in [2.05, 4.69) is 50.4 Å². The monoisotopic (exact) mass is 450 g/mol. The quantitative estimate of drug-likeness (QED) is 0.490. The van der Waals surface area contributed by atoms with Gasteiger partial charge in [0.25, 0.3) is 5.91 Å². The fourth-order valence-corrected chi connectivity index (χ4v) is 4.56. The van der Waals surface area contributed by atoms with Crippen LogP contribution in [0.4, 0.5) is 5.69 Å². The number of rotatable bonds is 6. The van der Waals surface area contributed by atoms with Crippen LogP contribution in [0.15, 0.2) is 47.8 Å². The number of aromatic nitrogens is 1. The van der Waals surface area contributed by atoms with Crippen molar-refractivity contribution in [3.8, 4) is 17.0 Å². The molecule has 2 aromatic carbocycles. The predicted octanol–water partition coefficient (Wildman–Crippen LogP) is 5.61. The van der Waals surface area contributed by atoms with Crippen molar-refractivity contribution in [1.82, 2.24) is 4.98 Å². The minimum atomic E-state index is -0.512. The molecular formula is C26H30N2O3S. The molecule has 1 atom stereocenters. The van der Waals surface area contributed by atoms with Crippen LogP contribution in [0.3, 0.4) is 0 Å². The minimum absolute atomic E-state index is 0.0337. The average molecular weight is 451 g/mol. The van der Waals surface area contributed by atoms with Crippen LogP contribution in [0.1, 0.15) is 43.8 Å². The maximum absolute atomic E-state index is 13.1. The van der Waals surface area contributed by atoms with Crippen LogP contribution >= 0.6 is 11.3 Å². The van der Waals surface area contributed by atoms with E-state index in [1.54, 1.807) is 25.4 Å². The van der Waals surface area contributed by atoms with Crippen LogP contribution in [0.2, 0.25) is 0 Å². The van der Waals surface area contributed by atoms with E-state index in [1.807, 2.05) is 23.1 Å². The van der Waals surface area contributed by atoms with E-state index in [-0.39, 0.29) is 11.3 Å². The number of methoxy groups -OCH3 is 1. The van der Waals surface area contributed by atoms with Crippen LogP contribution in [0, 0.1) is 0 Å². The molecule has 0 aliphatic carbocycles. The Morgan fingerprint density at radius 2 is 1.91 bits per heavy atom. The van der Waals surface area contributed by atoms with E-state index in [0.29, 0.717) is 13.2 Å². The van der Waals surface area contributed by atoms with Crippen molar-refractivity contribution in [3.05, 3.63) is 64.0 Å². The van der Waals surface area contributed by atoms with Gasteiger partial charge in [-0.05, 0) is 41.7 Å². The maximum atomic E-state index is 13.1. The van der Waals surface area contributed by atoms with Gasteiger partial charge in [-0.15, -0.1) is 11.3 Å². The number of amides is 1. The van der Waals surface area contributed by atoms with Gasteiger partial charge in [0.1, 0.15) is 5.75 Å². The Labute approximate surface area is 194 Å². The highest BCUT2D eigenvalue weighted by Crippen LogP contribution is 2.38. The van der Waals surface area contributed by atoms with Gasteiger partial charge >= 0.3 is 0 Å². The number of thiazole rings is 1. The summed E-state index contributed by atoms with van der Waals surface area (Å²) in [6, 6.07) is 14.5. The van der Waals surface area contributed by atoms with E-state index in [4.69, 9.17) is 14.5 Å². The second-order valence-corrected chi connectivity index (χ2v) is 10.1. The zero-order valence-electron chi connectivity index (χ0n) is 19.3. The van der Waals surface area contributed by atoms with E-state index >= 15 is 0 Å². The lowest BCUT2D eigenvalue weighted by Crippen LogP contribution is -2.44. The highest BCUT2D eigenvalue weighted by molar-refractivity contribution is 7.09. The van der Waals surface area contributed by atoms with Crippen LogP contribution < -0.4 is 9.64 Å². The number of nitrogens with zero attached hydrogens (tertiary/aromatic N) is 2. The Bertz CT molecular complexity index is 1100. The lowest BCUT2D eigenvalue weighted by Gasteiger charge is -2.33. The van der Waals surface area contributed by atoms with Gasteiger partial charge in [0, 0.05) is 24.5 Å². The zero-order chi connectivity index (χ0) is 22.9. The molecule has 5 nitrogen and oxygen atoms in total. The second kappa shape index (κ2) is 9.04. The summed E-state index contributed by atoms with van der Waals surface area (Å²) >= 11 is 1.63. The molecule has 1 aliphatic heterocycles. The summed E-state index contributed by atoms with van der Waals surface area (Å²) in [4.78, 5) is 19.6. The predicted molar refractivity (Wildman–Crippen MR) is 130 cm³/mol.